The number of hydrogen-bond donors (Lipinski definition) is 3. The highest BCUT2D eigenvalue weighted by atomic mass is 16.5. The molecule has 0 aromatic rings. The van der Waals surface area contributed by atoms with Crippen LogP contribution in [-0.4, -0.2) is 43.4 Å². The number of carbonyl (C=O) groups is 2. The van der Waals surface area contributed by atoms with Gasteiger partial charge >= 0.3 is 12.0 Å². The maximum Gasteiger partial charge on any atom is 0.326 e. The highest BCUT2D eigenvalue weighted by Gasteiger charge is 2.21. The maximum absolute atomic E-state index is 11.7. The Balaban J connectivity index is 2.21. The number of carbonyl (C=O) groups excluding carboxylic acids is 1. The molecule has 0 spiro atoms. The van der Waals surface area contributed by atoms with E-state index in [4.69, 9.17) is 9.84 Å². The van der Waals surface area contributed by atoms with E-state index in [9.17, 15) is 9.59 Å². The third-order valence-corrected chi connectivity index (χ3v) is 4.10. The third-order valence-electron chi connectivity index (χ3n) is 4.10. The molecule has 3 atom stereocenters. The molecule has 6 heteroatoms. The lowest BCUT2D eigenvalue weighted by Gasteiger charge is -2.26. The molecule has 3 N–H and O–H groups in total. The number of carboxylic acids is 1. The van der Waals surface area contributed by atoms with Gasteiger partial charge in [0.1, 0.15) is 6.04 Å². The first-order valence-corrected chi connectivity index (χ1v) is 7.79. The molecule has 122 valence electrons. The number of hydrogen-bond acceptors (Lipinski definition) is 3. The molecular formula is C15H28N2O4. The number of carboxylic acid groups (broad SMARTS) is 1. The number of urea groups is 1. The molecule has 0 heterocycles. The summed E-state index contributed by atoms with van der Waals surface area (Å²) in [6.07, 6.45) is 6.28. The summed E-state index contributed by atoms with van der Waals surface area (Å²) in [5.74, 6) is 0.420. The molecule has 21 heavy (non-hydrogen) atoms. The molecule has 1 saturated carbocycles. The maximum atomic E-state index is 11.7. The summed E-state index contributed by atoms with van der Waals surface area (Å²) in [5.41, 5.74) is 0. The van der Waals surface area contributed by atoms with Crippen molar-refractivity contribution in [1.82, 2.24) is 10.6 Å². The first-order chi connectivity index (χ1) is 10.0. The van der Waals surface area contributed by atoms with Gasteiger partial charge in [0.05, 0.1) is 0 Å². The summed E-state index contributed by atoms with van der Waals surface area (Å²) in [6.45, 7) is 3.18. The van der Waals surface area contributed by atoms with Gasteiger partial charge in [0.2, 0.25) is 0 Å². The van der Waals surface area contributed by atoms with Crippen LogP contribution in [0, 0.1) is 11.8 Å². The number of rotatable bonds is 8. The molecule has 0 bridgehead atoms. The van der Waals surface area contributed by atoms with Crippen molar-refractivity contribution in [2.75, 3.05) is 20.3 Å². The predicted octanol–water partition coefficient (Wildman–Crippen LogP) is 1.99. The fourth-order valence-corrected chi connectivity index (χ4v) is 2.91. The second kappa shape index (κ2) is 9.60. The lowest BCUT2D eigenvalue weighted by molar-refractivity contribution is -0.139. The van der Waals surface area contributed by atoms with E-state index in [1.54, 1.807) is 0 Å². The van der Waals surface area contributed by atoms with Crippen molar-refractivity contribution in [3.05, 3.63) is 0 Å². The Morgan fingerprint density at radius 2 is 2.14 bits per heavy atom. The number of amides is 2. The highest BCUT2D eigenvalue weighted by molar-refractivity contribution is 5.82. The Morgan fingerprint density at radius 1 is 1.38 bits per heavy atom. The summed E-state index contributed by atoms with van der Waals surface area (Å²) in [5, 5.41) is 14.2. The van der Waals surface area contributed by atoms with Gasteiger partial charge in [0, 0.05) is 26.7 Å². The molecule has 3 unspecified atom stereocenters. The van der Waals surface area contributed by atoms with Crippen LogP contribution < -0.4 is 10.6 Å². The van der Waals surface area contributed by atoms with E-state index in [0.29, 0.717) is 19.1 Å². The van der Waals surface area contributed by atoms with Crippen LogP contribution in [0.4, 0.5) is 4.79 Å². The first kappa shape index (κ1) is 17.8. The fraction of sp³-hybridized carbons (Fsp3) is 0.867. The van der Waals surface area contributed by atoms with Gasteiger partial charge < -0.3 is 20.5 Å². The van der Waals surface area contributed by atoms with E-state index in [0.717, 1.165) is 12.3 Å². The van der Waals surface area contributed by atoms with Gasteiger partial charge in [0.25, 0.3) is 0 Å². The van der Waals surface area contributed by atoms with Gasteiger partial charge in [-0.1, -0.05) is 26.2 Å². The van der Waals surface area contributed by atoms with Crippen molar-refractivity contribution in [3.63, 3.8) is 0 Å². The quantitative estimate of drug-likeness (QED) is 0.639. The molecule has 1 fully saturated rings. The minimum Gasteiger partial charge on any atom is -0.480 e. The number of methoxy groups -OCH3 is 1. The van der Waals surface area contributed by atoms with Crippen molar-refractivity contribution in [2.24, 2.45) is 11.8 Å². The molecule has 0 aromatic carbocycles. The third kappa shape index (κ3) is 7.32. The molecule has 0 aromatic heterocycles. The number of nitrogens with one attached hydrogen (secondary N) is 2. The second-order valence-corrected chi connectivity index (χ2v) is 6.00. The lowest BCUT2D eigenvalue weighted by atomic mass is 9.81. The van der Waals surface area contributed by atoms with Crippen molar-refractivity contribution in [3.8, 4) is 0 Å². The van der Waals surface area contributed by atoms with Gasteiger partial charge in [-0.25, -0.2) is 9.59 Å². The van der Waals surface area contributed by atoms with Crippen molar-refractivity contribution >= 4 is 12.0 Å². The highest BCUT2D eigenvalue weighted by Crippen LogP contribution is 2.30. The first-order valence-electron chi connectivity index (χ1n) is 7.79. The zero-order valence-electron chi connectivity index (χ0n) is 13.1. The van der Waals surface area contributed by atoms with Crippen molar-refractivity contribution in [2.45, 2.75) is 51.5 Å². The van der Waals surface area contributed by atoms with Gasteiger partial charge in [0.15, 0.2) is 0 Å². The largest absolute Gasteiger partial charge is 0.480 e. The molecular weight excluding hydrogens is 272 g/mol. The van der Waals surface area contributed by atoms with Crippen LogP contribution in [0.5, 0.6) is 0 Å². The monoisotopic (exact) mass is 300 g/mol. The fourth-order valence-electron chi connectivity index (χ4n) is 2.91. The van der Waals surface area contributed by atoms with Gasteiger partial charge in [-0.05, 0) is 24.7 Å². The van der Waals surface area contributed by atoms with Gasteiger partial charge in [-0.3, -0.25) is 0 Å². The summed E-state index contributed by atoms with van der Waals surface area (Å²) >= 11 is 0. The van der Waals surface area contributed by atoms with Crippen molar-refractivity contribution < 1.29 is 19.4 Å². The number of ether oxygens (including phenoxy) is 1. The Bertz CT molecular complexity index is 336. The zero-order chi connectivity index (χ0) is 15.7. The van der Waals surface area contributed by atoms with E-state index >= 15 is 0 Å². The van der Waals surface area contributed by atoms with E-state index in [2.05, 4.69) is 17.6 Å². The number of aliphatic carboxylic acids is 1. The minimum absolute atomic E-state index is 0.263. The van der Waals surface area contributed by atoms with Crippen LogP contribution in [-0.2, 0) is 9.53 Å². The van der Waals surface area contributed by atoms with Crippen molar-refractivity contribution in [1.29, 1.82) is 0 Å². The van der Waals surface area contributed by atoms with Crippen LogP contribution in [0.25, 0.3) is 0 Å². The molecule has 0 saturated heterocycles. The normalized spacial score (nSPS) is 23.3. The molecule has 1 aliphatic rings. The van der Waals surface area contributed by atoms with Crippen LogP contribution in [0.1, 0.15) is 45.4 Å². The average Bonchev–Trinajstić information content (AvgIpc) is 2.43. The molecule has 2 amide bonds. The Hall–Kier alpha value is -1.30. The summed E-state index contributed by atoms with van der Waals surface area (Å²) in [4.78, 5) is 22.7. The Morgan fingerprint density at radius 3 is 2.76 bits per heavy atom. The van der Waals surface area contributed by atoms with Crippen LogP contribution >= 0.6 is 0 Å². The minimum atomic E-state index is -1.04. The lowest BCUT2D eigenvalue weighted by Crippen LogP contribution is -2.46. The van der Waals surface area contributed by atoms with E-state index in [-0.39, 0.29) is 6.42 Å². The summed E-state index contributed by atoms with van der Waals surface area (Å²) in [6, 6.07) is -1.32. The molecule has 1 aliphatic carbocycles. The average molecular weight is 300 g/mol. The van der Waals surface area contributed by atoms with Gasteiger partial charge in [-0.15, -0.1) is 0 Å². The smallest absolute Gasteiger partial charge is 0.326 e. The Kier molecular flexibility index (Phi) is 8.12. The Labute approximate surface area is 126 Å². The zero-order valence-corrected chi connectivity index (χ0v) is 13.1. The summed E-state index contributed by atoms with van der Waals surface area (Å²) in [7, 11) is 1.50. The van der Waals surface area contributed by atoms with Crippen LogP contribution in [0.3, 0.4) is 0 Å². The van der Waals surface area contributed by atoms with Gasteiger partial charge in [-0.2, -0.15) is 0 Å². The topological polar surface area (TPSA) is 87.7 Å². The second-order valence-electron chi connectivity index (χ2n) is 6.00. The van der Waals surface area contributed by atoms with E-state index in [1.165, 1.54) is 32.8 Å². The molecule has 0 radical (unpaired) electrons. The predicted molar refractivity (Wildman–Crippen MR) is 80.2 cm³/mol. The molecule has 1 rings (SSSR count). The SMILES string of the molecule is COCCC(NC(=O)NCCC1CCCC(C)C1)C(=O)O. The molecule has 0 aliphatic heterocycles. The van der Waals surface area contributed by atoms with Crippen LogP contribution in [0.2, 0.25) is 0 Å². The van der Waals surface area contributed by atoms with Crippen LogP contribution in [0.15, 0.2) is 0 Å². The standard InChI is InChI=1S/C15H28N2O4/c1-11-4-3-5-12(10-11)6-8-16-15(20)17-13(14(18)19)7-9-21-2/h11-13H,3-10H2,1-2H3,(H,18,19)(H2,16,17,20). The van der Waals surface area contributed by atoms with E-state index in [1.807, 2.05) is 0 Å². The molecule has 6 nitrogen and oxygen atoms in total. The van der Waals surface area contributed by atoms with E-state index < -0.39 is 18.0 Å². The summed E-state index contributed by atoms with van der Waals surface area (Å²) < 4.78 is 4.84.